The Labute approximate surface area is 147 Å². The molecule has 132 valence electrons. The molecule has 2 aromatic rings. The Morgan fingerprint density at radius 3 is 2.76 bits per heavy atom. The third-order valence-electron chi connectivity index (χ3n) is 4.28. The number of nitrogens with zero attached hydrogens (tertiary/aromatic N) is 1. The number of fused-ring (bicyclic) bond motifs is 1. The van der Waals surface area contributed by atoms with Gasteiger partial charge in [-0.05, 0) is 47.9 Å². The van der Waals surface area contributed by atoms with Crippen LogP contribution in [-0.2, 0) is 27.7 Å². The van der Waals surface area contributed by atoms with Crippen LogP contribution >= 0.6 is 0 Å². The zero-order chi connectivity index (χ0) is 18.0. The Hall–Kier alpha value is -2.38. The van der Waals surface area contributed by atoms with E-state index >= 15 is 0 Å². The summed E-state index contributed by atoms with van der Waals surface area (Å²) in [5.41, 5.74) is 2.49. The SMILES string of the molecule is COc1cccc(CCNS(=O)(=O)c2ccc3c(c2)CC(=O)N3C)c1. The zero-order valence-corrected chi connectivity index (χ0v) is 15.0. The van der Waals surface area contributed by atoms with Crippen molar-refractivity contribution in [1.82, 2.24) is 4.72 Å². The van der Waals surface area contributed by atoms with Gasteiger partial charge in [0.2, 0.25) is 15.9 Å². The van der Waals surface area contributed by atoms with Crippen molar-refractivity contribution in [2.75, 3.05) is 25.6 Å². The first-order valence-corrected chi connectivity index (χ1v) is 9.41. The lowest BCUT2D eigenvalue weighted by Gasteiger charge is -2.11. The van der Waals surface area contributed by atoms with Gasteiger partial charge in [0.1, 0.15) is 5.75 Å². The van der Waals surface area contributed by atoms with E-state index in [4.69, 9.17) is 4.74 Å². The molecule has 1 aliphatic rings. The van der Waals surface area contributed by atoms with Gasteiger partial charge in [-0.3, -0.25) is 4.79 Å². The summed E-state index contributed by atoms with van der Waals surface area (Å²) in [5, 5.41) is 0. The van der Waals surface area contributed by atoms with E-state index in [-0.39, 0.29) is 23.8 Å². The molecular formula is C18H20N2O4S. The molecule has 0 aromatic heterocycles. The van der Waals surface area contributed by atoms with E-state index in [0.717, 1.165) is 22.6 Å². The van der Waals surface area contributed by atoms with Crippen LogP contribution in [0.25, 0.3) is 0 Å². The monoisotopic (exact) mass is 360 g/mol. The van der Waals surface area contributed by atoms with Gasteiger partial charge in [-0.1, -0.05) is 12.1 Å². The molecule has 1 amide bonds. The number of benzene rings is 2. The maximum Gasteiger partial charge on any atom is 0.240 e. The topological polar surface area (TPSA) is 75.7 Å². The number of hydrogen-bond donors (Lipinski definition) is 1. The molecule has 25 heavy (non-hydrogen) atoms. The van der Waals surface area contributed by atoms with Crippen LogP contribution in [0.15, 0.2) is 47.4 Å². The highest BCUT2D eigenvalue weighted by Crippen LogP contribution is 2.29. The number of ether oxygens (including phenoxy) is 1. The quantitative estimate of drug-likeness (QED) is 0.851. The molecule has 0 saturated heterocycles. The lowest BCUT2D eigenvalue weighted by atomic mass is 10.1. The van der Waals surface area contributed by atoms with E-state index in [1.807, 2.05) is 24.3 Å². The van der Waals surface area contributed by atoms with Crippen molar-refractivity contribution in [2.45, 2.75) is 17.7 Å². The Bertz CT molecular complexity index is 909. The van der Waals surface area contributed by atoms with Crippen LogP contribution in [0.3, 0.4) is 0 Å². The molecule has 2 aromatic carbocycles. The molecule has 0 aliphatic carbocycles. The highest BCUT2D eigenvalue weighted by molar-refractivity contribution is 7.89. The van der Waals surface area contributed by atoms with Crippen molar-refractivity contribution in [1.29, 1.82) is 0 Å². The van der Waals surface area contributed by atoms with E-state index in [2.05, 4.69) is 4.72 Å². The maximum atomic E-state index is 12.5. The van der Waals surface area contributed by atoms with E-state index in [1.54, 1.807) is 31.2 Å². The van der Waals surface area contributed by atoms with Gasteiger partial charge in [-0.15, -0.1) is 0 Å². The molecule has 0 spiro atoms. The summed E-state index contributed by atoms with van der Waals surface area (Å²) >= 11 is 0. The second kappa shape index (κ2) is 6.85. The minimum Gasteiger partial charge on any atom is -0.497 e. The summed E-state index contributed by atoms with van der Waals surface area (Å²) in [6.45, 7) is 0.283. The second-order valence-electron chi connectivity index (χ2n) is 5.92. The zero-order valence-electron chi connectivity index (χ0n) is 14.2. The predicted octanol–water partition coefficient (Wildman–Crippen LogP) is 1.74. The number of likely N-dealkylation sites (N-methyl/N-ethyl adjacent to an activating group) is 1. The normalized spacial score (nSPS) is 13.8. The molecule has 1 heterocycles. The van der Waals surface area contributed by atoms with Gasteiger partial charge in [-0.2, -0.15) is 0 Å². The number of carbonyl (C=O) groups is 1. The van der Waals surface area contributed by atoms with E-state index < -0.39 is 10.0 Å². The van der Waals surface area contributed by atoms with Crippen LogP contribution < -0.4 is 14.4 Å². The van der Waals surface area contributed by atoms with Crippen LogP contribution in [0, 0.1) is 0 Å². The van der Waals surface area contributed by atoms with Gasteiger partial charge < -0.3 is 9.64 Å². The number of carbonyl (C=O) groups excluding carboxylic acids is 1. The van der Waals surface area contributed by atoms with Gasteiger partial charge in [-0.25, -0.2) is 13.1 Å². The summed E-state index contributed by atoms with van der Waals surface area (Å²) in [7, 11) is -0.329. The molecule has 0 fully saturated rings. The van der Waals surface area contributed by atoms with Crippen LogP contribution in [0.5, 0.6) is 5.75 Å². The summed E-state index contributed by atoms with van der Waals surface area (Å²) in [6.07, 6.45) is 0.793. The van der Waals surface area contributed by atoms with Crippen molar-refractivity contribution in [3.8, 4) is 5.75 Å². The molecule has 0 bridgehead atoms. The average molecular weight is 360 g/mol. The molecular weight excluding hydrogens is 340 g/mol. The summed E-state index contributed by atoms with van der Waals surface area (Å²) in [5.74, 6) is 0.711. The highest BCUT2D eigenvalue weighted by Gasteiger charge is 2.26. The average Bonchev–Trinajstić information content (AvgIpc) is 2.89. The number of sulfonamides is 1. The highest BCUT2D eigenvalue weighted by atomic mass is 32.2. The van der Waals surface area contributed by atoms with Crippen molar-refractivity contribution >= 4 is 21.6 Å². The Morgan fingerprint density at radius 2 is 2.00 bits per heavy atom. The summed E-state index contributed by atoms with van der Waals surface area (Å²) in [6, 6.07) is 12.3. The predicted molar refractivity (Wildman–Crippen MR) is 95.4 cm³/mol. The standard InChI is InChI=1S/C18H20N2O4S/c1-20-17-7-6-16(11-14(17)12-18(20)21)25(22,23)19-9-8-13-4-3-5-15(10-13)24-2/h3-7,10-11,19H,8-9,12H2,1-2H3. The van der Waals surface area contributed by atoms with Crippen molar-refractivity contribution in [2.24, 2.45) is 0 Å². The fraction of sp³-hybridized carbons (Fsp3) is 0.278. The van der Waals surface area contributed by atoms with Crippen LogP contribution in [0.2, 0.25) is 0 Å². The Morgan fingerprint density at radius 1 is 1.20 bits per heavy atom. The van der Waals surface area contributed by atoms with E-state index in [1.165, 1.54) is 6.07 Å². The van der Waals surface area contributed by atoms with E-state index in [9.17, 15) is 13.2 Å². The molecule has 0 radical (unpaired) electrons. The number of amides is 1. The van der Waals surface area contributed by atoms with E-state index in [0.29, 0.717) is 6.42 Å². The van der Waals surface area contributed by atoms with Gasteiger partial charge in [0.05, 0.1) is 18.4 Å². The Kier molecular flexibility index (Phi) is 4.78. The van der Waals surface area contributed by atoms with Gasteiger partial charge in [0.15, 0.2) is 0 Å². The van der Waals surface area contributed by atoms with Crippen LogP contribution in [0.4, 0.5) is 5.69 Å². The minimum atomic E-state index is -3.61. The molecule has 6 nitrogen and oxygen atoms in total. The lowest BCUT2D eigenvalue weighted by molar-refractivity contribution is -0.117. The fourth-order valence-corrected chi connectivity index (χ4v) is 3.94. The number of anilines is 1. The Balaban J connectivity index is 1.68. The molecule has 1 N–H and O–H groups in total. The van der Waals surface area contributed by atoms with Gasteiger partial charge >= 0.3 is 0 Å². The van der Waals surface area contributed by atoms with Crippen LogP contribution in [-0.4, -0.2) is 35.0 Å². The first-order valence-electron chi connectivity index (χ1n) is 7.93. The second-order valence-corrected chi connectivity index (χ2v) is 7.69. The smallest absolute Gasteiger partial charge is 0.240 e. The number of rotatable bonds is 6. The minimum absolute atomic E-state index is 0.0319. The van der Waals surface area contributed by atoms with Crippen molar-refractivity contribution in [3.05, 3.63) is 53.6 Å². The van der Waals surface area contributed by atoms with Gasteiger partial charge in [0.25, 0.3) is 0 Å². The fourth-order valence-electron chi connectivity index (χ4n) is 2.85. The van der Waals surface area contributed by atoms with Crippen molar-refractivity contribution in [3.63, 3.8) is 0 Å². The first kappa shape index (κ1) is 17.4. The molecule has 0 unspecified atom stereocenters. The third kappa shape index (κ3) is 3.67. The third-order valence-corrected chi connectivity index (χ3v) is 5.74. The van der Waals surface area contributed by atoms with Crippen molar-refractivity contribution < 1.29 is 17.9 Å². The number of nitrogens with one attached hydrogen (secondary N) is 1. The lowest BCUT2D eigenvalue weighted by Crippen LogP contribution is -2.26. The van der Waals surface area contributed by atoms with Crippen LogP contribution in [0.1, 0.15) is 11.1 Å². The van der Waals surface area contributed by atoms with Gasteiger partial charge in [0, 0.05) is 19.3 Å². The number of methoxy groups -OCH3 is 1. The summed E-state index contributed by atoms with van der Waals surface area (Å²) < 4.78 is 32.7. The maximum absolute atomic E-state index is 12.5. The number of hydrogen-bond acceptors (Lipinski definition) is 4. The molecule has 0 saturated carbocycles. The molecule has 0 atom stereocenters. The largest absolute Gasteiger partial charge is 0.497 e. The first-order chi connectivity index (χ1) is 11.9. The summed E-state index contributed by atoms with van der Waals surface area (Å²) in [4.78, 5) is 13.4. The molecule has 7 heteroatoms. The molecule has 1 aliphatic heterocycles. The molecule has 3 rings (SSSR count).